The van der Waals surface area contributed by atoms with Gasteiger partial charge in [-0.15, -0.1) is 13.2 Å². The molecule has 0 saturated heterocycles. The van der Waals surface area contributed by atoms with Crippen LogP contribution in [-0.4, -0.2) is 6.36 Å². The Bertz CT molecular complexity index is 943. The van der Waals surface area contributed by atoms with Gasteiger partial charge in [0, 0.05) is 6.07 Å². The minimum atomic E-state index is -5.09. The van der Waals surface area contributed by atoms with Crippen molar-refractivity contribution < 1.29 is 35.8 Å². The normalized spacial score (nSPS) is 22.4. The fourth-order valence-electron chi connectivity index (χ4n) is 5.44. The molecule has 0 radical (unpaired) electrons. The van der Waals surface area contributed by atoms with Gasteiger partial charge in [0.15, 0.2) is 11.6 Å². The second-order valence-corrected chi connectivity index (χ2v) is 9.39. The van der Waals surface area contributed by atoms with Crippen molar-refractivity contribution in [2.75, 3.05) is 0 Å². The molecule has 2 aromatic rings. The zero-order valence-corrected chi connectivity index (χ0v) is 18.7. The van der Waals surface area contributed by atoms with E-state index in [1.165, 1.54) is 57.1 Å². The second kappa shape index (κ2) is 10.1. The molecule has 2 aromatic carbocycles. The molecule has 0 spiro atoms. The molecule has 0 bridgehead atoms. The predicted octanol–water partition coefficient (Wildman–Crippen LogP) is 8.71. The maximum Gasteiger partial charge on any atom is 0.573 e. The van der Waals surface area contributed by atoms with Gasteiger partial charge >= 0.3 is 12.5 Å². The van der Waals surface area contributed by atoms with Crippen LogP contribution in [0.25, 0.3) is 0 Å². The topological polar surface area (TPSA) is 18.5 Å². The number of hydrogen-bond donors (Lipinski definition) is 0. The molecule has 8 heteroatoms. The summed E-state index contributed by atoms with van der Waals surface area (Å²) in [6.07, 6.45) is 2.27. The van der Waals surface area contributed by atoms with E-state index in [2.05, 4.69) is 9.47 Å². The summed E-state index contributed by atoms with van der Waals surface area (Å²) in [6, 6.07) is 7.78. The summed E-state index contributed by atoms with van der Waals surface area (Å²) < 4.78 is 87.9. The number of halogens is 6. The second-order valence-electron chi connectivity index (χ2n) is 9.39. The molecule has 0 aromatic heterocycles. The molecule has 2 aliphatic carbocycles. The average molecular weight is 486 g/mol. The van der Waals surface area contributed by atoms with Crippen LogP contribution in [0.5, 0.6) is 11.5 Å². The van der Waals surface area contributed by atoms with Gasteiger partial charge in [0.25, 0.3) is 0 Å². The summed E-state index contributed by atoms with van der Waals surface area (Å²) in [5, 5.41) is 0. The molecule has 0 heterocycles. The molecule has 2 saturated carbocycles. The van der Waals surface area contributed by atoms with Crippen molar-refractivity contribution in [3.63, 3.8) is 0 Å². The van der Waals surface area contributed by atoms with Crippen LogP contribution in [0.4, 0.5) is 26.3 Å². The van der Waals surface area contributed by atoms with Crippen molar-refractivity contribution in [3.8, 4) is 11.5 Å². The third-order valence-electron chi connectivity index (χ3n) is 7.18. The molecule has 2 nitrogen and oxygen atoms in total. The lowest BCUT2D eigenvalue weighted by molar-refractivity contribution is -0.275. The van der Waals surface area contributed by atoms with Crippen molar-refractivity contribution >= 4 is 0 Å². The Morgan fingerprint density at radius 2 is 1.29 bits per heavy atom. The first-order valence-corrected chi connectivity index (χ1v) is 11.8. The van der Waals surface area contributed by atoms with Crippen LogP contribution in [0, 0.1) is 17.7 Å². The summed E-state index contributed by atoms with van der Waals surface area (Å²) in [5.74, 6) is -1.22. The molecular weight excluding hydrogens is 458 g/mol. The Morgan fingerprint density at radius 3 is 1.88 bits per heavy atom. The summed E-state index contributed by atoms with van der Waals surface area (Å²) in [6.45, 7) is 0. The van der Waals surface area contributed by atoms with E-state index >= 15 is 0 Å². The number of alkyl halides is 5. The molecule has 34 heavy (non-hydrogen) atoms. The number of hydrogen-bond acceptors (Lipinski definition) is 2. The molecule has 0 atom stereocenters. The van der Waals surface area contributed by atoms with Gasteiger partial charge in [-0.2, -0.15) is 8.78 Å². The van der Waals surface area contributed by atoms with Crippen LogP contribution in [0.1, 0.15) is 74.8 Å². The van der Waals surface area contributed by atoms with Crippen molar-refractivity contribution in [1.82, 2.24) is 0 Å². The van der Waals surface area contributed by atoms with E-state index < -0.39 is 35.4 Å². The number of benzene rings is 2. The van der Waals surface area contributed by atoms with E-state index in [4.69, 9.17) is 0 Å². The molecule has 0 unspecified atom stereocenters. The van der Waals surface area contributed by atoms with Crippen LogP contribution >= 0.6 is 0 Å². The smallest absolute Gasteiger partial charge is 0.429 e. The summed E-state index contributed by atoms with van der Waals surface area (Å²) in [5.41, 5.74) is 0.601. The Kier molecular flexibility index (Phi) is 7.33. The van der Waals surface area contributed by atoms with E-state index in [1.54, 1.807) is 12.1 Å². The molecule has 0 aliphatic heterocycles. The minimum Gasteiger partial charge on any atom is -0.429 e. The molecule has 2 fully saturated rings. The van der Waals surface area contributed by atoms with E-state index in [9.17, 15) is 26.3 Å². The van der Waals surface area contributed by atoms with E-state index in [0.29, 0.717) is 18.1 Å². The van der Waals surface area contributed by atoms with E-state index in [-0.39, 0.29) is 0 Å². The first-order valence-electron chi connectivity index (χ1n) is 11.8. The van der Waals surface area contributed by atoms with Gasteiger partial charge in [-0.05, 0) is 73.3 Å². The number of rotatable bonds is 6. The van der Waals surface area contributed by atoms with Crippen LogP contribution in [0.15, 0.2) is 42.5 Å². The Labute approximate surface area is 195 Å². The third kappa shape index (κ3) is 6.19. The summed E-state index contributed by atoms with van der Waals surface area (Å²) in [4.78, 5) is 0. The highest BCUT2D eigenvalue weighted by Gasteiger charge is 2.36. The highest BCUT2D eigenvalue weighted by Crippen LogP contribution is 2.43. The standard InChI is InChI=1S/C26H28F6O2/c27-23-16-22(14-15-24(23)34-26(30,31)32)33-25(28,29)21-12-10-20(11-13-21)19-8-6-18(7-9-19)17-4-2-1-3-5-17/h10-19H,1-9H2. The highest BCUT2D eigenvalue weighted by molar-refractivity contribution is 5.34. The quantitative estimate of drug-likeness (QED) is 0.380. The van der Waals surface area contributed by atoms with Gasteiger partial charge in [0.2, 0.25) is 0 Å². The predicted molar refractivity (Wildman–Crippen MR) is 115 cm³/mol. The monoisotopic (exact) mass is 486 g/mol. The Hall–Kier alpha value is -2.38. The van der Waals surface area contributed by atoms with Crippen molar-refractivity contribution in [2.45, 2.75) is 76.2 Å². The lowest BCUT2D eigenvalue weighted by Crippen LogP contribution is -2.23. The molecule has 2 aliphatic rings. The maximum atomic E-state index is 14.6. The molecule has 0 amide bonds. The SMILES string of the molecule is Fc1cc(OC(F)(F)c2ccc(C3CCC(C4CCCCC4)CC3)cc2)ccc1OC(F)(F)F. The van der Waals surface area contributed by atoms with Crippen LogP contribution in [0.2, 0.25) is 0 Å². The van der Waals surface area contributed by atoms with Gasteiger partial charge < -0.3 is 9.47 Å². The van der Waals surface area contributed by atoms with Crippen molar-refractivity contribution in [3.05, 3.63) is 59.4 Å². The van der Waals surface area contributed by atoms with Crippen molar-refractivity contribution in [1.29, 1.82) is 0 Å². The Morgan fingerprint density at radius 1 is 0.676 bits per heavy atom. The summed E-state index contributed by atoms with van der Waals surface area (Å²) >= 11 is 0. The first-order chi connectivity index (χ1) is 16.1. The van der Waals surface area contributed by atoms with Gasteiger partial charge in [-0.1, -0.05) is 44.2 Å². The highest BCUT2D eigenvalue weighted by atomic mass is 19.4. The third-order valence-corrected chi connectivity index (χ3v) is 7.18. The van der Waals surface area contributed by atoms with Gasteiger partial charge in [0.05, 0.1) is 5.56 Å². The average Bonchev–Trinajstić information content (AvgIpc) is 2.81. The zero-order chi connectivity index (χ0) is 24.3. The van der Waals surface area contributed by atoms with Gasteiger partial charge in [-0.3, -0.25) is 0 Å². The van der Waals surface area contributed by atoms with E-state index in [0.717, 1.165) is 36.3 Å². The first kappa shape index (κ1) is 24.7. The molecular formula is C26H28F6O2. The summed E-state index contributed by atoms with van der Waals surface area (Å²) in [7, 11) is 0. The largest absolute Gasteiger partial charge is 0.573 e. The molecule has 4 rings (SSSR count). The maximum absolute atomic E-state index is 14.6. The van der Waals surface area contributed by atoms with Gasteiger partial charge in [0.1, 0.15) is 5.75 Å². The fourth-order valence-corrected chi connectivity index (χ4v) is 5.44. The van der Waals surface area contributed by atoms with Crippen LogP contribution in [0.3, 0.4) is 0 Å². The lowest BCUT2D eigenvalue weighted by Gasteiger charge is -2.36. The minimum absolute atomic E-state index is 0.346. The molecule has 186 valence electrons. The van der Waals surface area contributed by atoms with Crippen LogP contribution < -0.4 is 9.47 Å². The lowest BCUT2D eigenvalue weighted by atomic mass is 9.70. The fraction of sp³-hybridized carbons (Fsp3) is 0.538. The Balaban J connectivity index is 1.36. The number of ether oxygens (including phenoxy) is 2. The van der Waals surface area contributed by atoms with E-state index in [1.807, 2.05) is 0 Å². The zero-order valence-electron chi connectivity index (χ0n) is 18.7. The van der Waals surface area contributed by atoms with Crippen LogP contribution in [-0.2, 0) is 6.11 Å². The van der Waals surface area contributed by atoms with Gasteiger partial charge in [-0.25, -0.2) is 4.39 Å². The van der Waals surface area contributed by atoms with Crippen molar-refractivity contribution in [2.24, 2.45) is 11.8 Å². The molecule has 0 N–H and O–H groups in total.